The fourth-order valence-electron chi connectivity index (χ4n) is 1.99. The number of ketones is 1. The van der Waals surface area contributed by atoms with E-state index in [2.05, 4.69) is 6.07 Å². The van der Waals surface area contributed by atoms with Crippen molar-refractivity contribution in [1.82, 2.24) is 0 Å². The summed E-state index contributed by atoms with van der Waals surface area (Å²) in [6.45, 7) is 5.83. The first-order valence-electron chi connectivity index (χ1n) is 5.77. The summed E-state index contributed by atoms with van der Waals surface area (Å²) < 4.78 is 5.77. The molecule has 2 rings (SSSR count). The molecule has 0 amide bonds. The lowest BCUT2D eigenvalue weighted by molar-refractivity contribution is -0.134. The third kappa shape index (κ3) is 2.11. The number of carbonyl (C=O) groups excluding carboxylic acids is 1. The molecular weight excluding hydrogens is 200 g/mol. The maximum absolute atomic E-state index is 12.1. The van der Waals surface area contributed by atoms with Crippen molar-refractivity contribution in [2.24, 2.45) is 5.41 Å². The largest absolute Gasteiger partial charge is 0.482 e. The molecule has 1 aromatic carbocycles. The first-order chi connectivity index (χ1) is 7.48. The predicted molar refractivity (Wildman–Crippen MR) is 63.6 cm³/mol. The van der Waals surface area contributed by atoms with Gasteiger partial charge in [-0.05, 0) is 24.5 Å². The van der Waals surface area contributed by atoms with E-state index in [0.717, 1.165) is 18.6 Å². The fraction of sp³-hybridized carbons (Fsp3) is 0.500. The molecule has 86 valence electrons. The first kappa shape index (κ1) is 11.2. The SMILES string of the molecule is CC(C)(C)C(=O)[C@H]1CCc2ccccc2O1. The van der Waals surface area contributed by atoms with Crippen LogP contribution in [-0.2, 0) is 11.2 Å². The van der Waals surface area contributed by atoms with E-state index in [1.807, 2.05) is 39.0 Å². The summed E-state index contributed by atoms with van der Waals surface area (Å²) in [4.78, 5) is 12.1. The third-order valence-corrected chi connectivity index (χ3v) is 2.95. The Balaban J connectivity index is 2.17. The number of hydrogen-bond acceptors (Lipinski definition) is 2. The molecule has 0 aliphatic carbocycles. The van der Waals surface area contributed by atoms with Crippen LogP contribution in [0.4, 0.5) is 0 Å². The van der Waals surface area contributed by atoms with Crippen LogP contribution in [0.15, 0.2) is 24.3 Å². The minimum Gasteiger partial charge on any atom is -0.482 e. The van der Waals surface area contributed by atoms with E-state index < -0.39 is 0 Å². The molecule has 0 N–H and O–H groups in total. The third-order valence-electron chi connectivity index (χ3n) is 2.95. The van der Waals surface area contributed by atoms with Gasteiger partial charge in [0.05, 0.1) is 0 Å². The molecule has 0 unspecified atom stereocenters. The Bertz CT molecular complexity index is 401. The average molecular weight is 218 g/mol. The zero-order valence-electron chi connectivity index (χ0n) is 10.1. The normalized spacial score (nSPS) is 19.8. The number of carbonyl (C=O) groups is 1. The van der Waals surface area contributed by atoms with Crippen molar-refractivity contribution in [2.45, 2.75) is 39.7 Å². The summed E-state index contributed by atoms with van der Waals surface area (Å²) in [6, 6.07) is 7.96. The van der Waals surface area contributed by atoms with Gasteiger partial charge >= 0.3 is 0 Å². The van der Waals surface area contributed by atoms with Gasteiger partial charge in [-0.3, -0.25) is 4.79 Å². The number of benzene rings is 1. The lowest BCUT2D eigenvalue weighted by Crippen LogP contribution is -2.38. The van der Waals surface area contributed by atoms with Gasteiger partial charge in [-0.2, -0.15) is 0 Å². The van der Waals surface area contributed by atoms with Crippen LogP contribution in [0, 0.1) is 5.41 Å². The Kier molecular flexibility index (Phi) is 2.75. The summed E-state index contributed by atoms with van der Waals surface area (Å²) >= 11 is 0. The van der Waals surface area contributed by atoms with E-state index in [1.54, 1.807) is 0 Å². The van der Waals surface area contributed by atoms with Gasteiger partial charge in [-0.25, -0.2) is 0 Å². The molecule has 1 aliphatic heterocycles. The fourth-order valence-corrected chi connectivity index (χ4v) is 1.99. The summed E-state index contributed by atoms with van der Waals surface area (Å²) in [5, 5.41) is 0. The number of ether oxygens (including phenoxy) is 1. The van der Waals surface area contributed by atoms with Gasteiger partial charge in [0.2, 0.25) is 0 Å². The van der Waals surface area contributed by atoms with Gasteiger partial charge in [0.25, 0.3) is 0 Å². The summed E-state index contributed by atoms with van der Waals surface area (Å²) in [6.07, 6.45) is 1.46. The first-order valence-corrected chi connectivity index (χ1v) is 5.77. The van der Waals surface area contributed by atoms with Crippen LogP contribution in [0.3, 0.4) is 0 Å². The molecule has 1 aliphatic rings. The Morgan fingerprint density at radius 1 is 1.31 bits per heavy atom. The van der Waals surface area contributed by atoms with E-state index in [0.29, 0.717) is 0 Å². The summed E-state index contributed by atoms with van der Waals surface area (Å²) in [5.74, 6) is 1.07. The zero-order chi connectivity index (χ0) is 11.8. The number of Topliss-reactive ketones (excluding diaryl/α,β-unsaturated/α-hetero) is 1. The number of rotatable bonds is 1. The Morgan fingerprint density at radius 3 is 2.69 bits per heavy atom. The number of para-hydroxylation sites is 1. The highest BCUT2D eigenvalue weighted by atomic mass is 16.5. The highest BCUT2D eigenvalue weighted by Crippen LogP contribution is 2.30. The van der Waals surface area contributed by atoms with Crippen molar-refractivity contribution in [1.29, 1.82) is 0 Å². The molecular formula is C14H18O2. The second kappa shape index (κ2) is 3.93. The zero-order valence-corrected chi connectivity index (χ0v) is 10.1. The van der Waals surface area contributed by atoms with Gasteiger partial charge in [0.15, 0.2) is 11.9 Å². The van der Waals surface area contributed by atoms with Crippen molar-refractivity contribution < 1.29 is 9.53 Å². The molecule has 0 spiro atoms. The molecule has 0 aromatic heterocycles. The predicted octanol–water partition coefficient (Wildman–Crippen LogP) is 3.00. The Hall–Kier alpha value is -1.31. The van der Waals surface area contributed by atoms with Crippen LogP contribution in [0.2, 0.25) is 0 Å². The van der Waals surface area contributed by atoms with E-state index in [9.17, 15) is 4.79 Å². The monoisotopic (exact) mass is 218 g/mol. The lowest BCUT2D eigenvalue weighted by atomic mass is 9.85. The number of hydrogen-bond donors (Lipinski definition) is 0. The van der Waals surface area contributed by atoms with Crippen LogP contribution in [-0.4, -0.2) is 11.9 Å². The maximum atomic E-state index is 12.1. The van der Waals surface area contributed by atoms with Crippen molar-refractivity contribution in [3.8, 4) is 5.75 Å². The van der Waals surface area contributed by atoms with Crippen molar-refractivity contribution >= 4 is 5.78 Å². The smallest absolute Gasteiger partial charge is 0.178 e. The van der Waals surface area contributed by atoms with Crippen LogP contribution >= 0.6 is 0 Å². The summed E-state index contributed by atoms with van der Waals surface area (Å²) in [7, 11) is 0. The number of fused-ring (bicyclic) bond motifs is 1. The molecule has 1 heterocycles. The molecule has 1 atom stereocenters. The molecule has 0 fully saturated rings. The molecule has 0 saturated heterocycles. The van der Waals surface area contributed by atoms with Crippen molar-refractivity contribution in [3.05, 3.63) is 29.8 Å². The van der Waals surface area contributed by atoms with E-state index in [-0.39, 0.29) is 17.3 Å². The van der Waals surface area contributed by atoms with Gasteiger partial charge in [-0.1, -0.05) is 39.0 Å². The molecule has 16 heavy (non-hydrogen) atoms. The van der Waals surface area contributed by atoms with Crippen LogP contribution in [0.25, 0.3) is 0 Å². The average Bonchev–Trinajstić information content (AvgIpc) is 2.26. The molecule has 1 aromatic rings. The second-order valence-electron chi connectivity index (χ2n) is 5.37. The molecule has 0 radical (unpaired) electrons. The Morgan fingerprint density at radius 2 is 2.00 bits per heavy atom. The standard InChI is InChI=1S/C14H18O2/c1-14(2,3)13(15)12-9-8-10-6-4-5-7-11(10)16-12/h4-7,12H,8-9H2,1-3H3/t12-/m1/s1. The molecule has 0 bridgehead atoms. The van der Waals surface area contributed by atoms with E-state index in [1.165, 1.54) is 5.56 Å². The highest BCUT2D eigenvalue weighted by molar-refractivity contribution is 5.88. The highest BCUT2D eigenvalue weighted by Gasteiger charge is 2.33. The van der Waals surface area contributed by atoms with Crippen LogP contribution in [0.1, 0.15) is 32.8 Å². The van der Waals surface area contributed by atoms with Crippen LogP contribution < -0.4 is 4.74 Å². The quantitative estimate of drug-likeness (QED) is 0.724. The molecule has 0 saturated carbocycles. The van der Waals surface area contributed by atoms with Gasteiger partial charge in [0.1, 0.15) is 5.75 Å². The number of aryl methyl sites for hydroxylation is 1. The summed E-state index contributed by atoms with van der Waals surface area (Å²) in [5.41, 5.74) is 0.886. The van der Waals surface area contributed by atoms with Gasteiger partial charge in [0, 0.05) is 5.41 Å². The van der Waals surface area contributed by atoms with E-state index in [4.69, 9.17) is 4.74 Å². The van der Waals surface area contributed by atoms with E-state index >= 15 is 0 Å². The van der Waals surface area contributed by atoms with Gasteiger partial charge < -0.3 is 4.74 Å². The molecule has 2 heteroatoms. The maximum Gasteiger partial charge on any atom is 0.178 e. The Labute approximate surface area is 96.6 Å². The topological polar surface area (TPSA) is 26.3 Å². The lowest BCUT2D eigenvalue weighted by Gasteiger charge is -2.29. The minimum absolute atomic E-state index is 0.196. The van der Waals surface area contributed by atoms with Crippen molar-refractivity contribution in [3.63, 3.8) is 0 Å². The van der Waals surface area contributed by atoms with Crippen LogP contribution in [0.5, 0.6) is 5.75 Å². The van der Waals surface area contributed by atoms with Gasteiger partial charge in [-0.15, -0.1) is 0 Å². The minimum atomic E-state index is -0.322. The second-order valence-corrected chi connectivity index (χ2v) is 5.37. The van der Waals surface area contributed by atoms with Crippen molar-refractivity contribution in [2.75, 3.05) is 0 Å². The molecule has 2 nitrogen and oxygen atoms in total.